The van der Waals surface area contributed by atoms with Gasteiger partial charge < -0.3 is 4.74 Å². The summed E-state index contributed by atoms with van der Waals surface area (Å²) in [5.41, 5.74) is 3.70. The van der Waals surface area contributed by atoms with Crippen LogP contribution in [0.15, 0.2) is 41.3 Å². The lowest BCUT2D eigenvalue weighted by atomic mass is 10.0. The number of ketones is 1. The molecule has 0 heterocycles. The minimum atomic E-state index is -3.44. The fourth-order valence-corrected chi connectivity index (χ4v) is 3.94. The number of fused-ring (bicyclic) bond motifs is 1. The van der Waals surface area contributed by atoms with Crippen LogP contribution in [0.25, 0.3) is 0 Å². The van der Waals surface area contributed by atoms with Crippen molar-refractivity contribution in [3.8, 4) is 0 Å². The first kappa shape index (κ1) is 19.3. The van der Waals surface area contributed by atoms with Crippen LogP contribution in [0.1, 0.15) is 50.8 Å². The zero-order valence-electron chi connectivity index (χ0n) is 15.6. The number of hydrogen-bond acceptors (Lipinski definition) is 5. The third-order valence-electron chi connectivity index (χ3n) is 4.89. The Morgan fingerprint density at radius 3 is 2.44 bits per heavy atom. The van der Waals surface area contributed by atoms with Crippen molar-refractivity contribution in [2.24, 2.45) is 0 Å². The van der Waals surface area contributed by atoms with Gasteiger partial charge in [0.2, 0.25) is 5.78 Å². The molecule has 0 saturated carbocycles. The summed E-state index contributed by atoms with van der Waals surface area (Å²) in [5.74, 6) is -0.977. The van der Waals surface area contributed by atoms with Gasteiger partial charge in [0.1, 0.15) is 0 Å². The normalized spacial score (nSPS) is 14.5. The van der Waals surface area contributed by atoms with E-state index in [1.165, 1.54) is 30.2 Å². The molecule has 0 radical (unpaired) electrons. The Kier molecular flexibility index (Phi) is 5.20. The monoisotopic (exact) mass is 386 g/mol. The van der Waals surface area contributed by atoms with Gasteiger partial charge in [-0.25, -0.2) is 13.2 Å². The van der Waals surface area contributed by atoms with Crippen molar-refractivity contribution in [1.29, 1.82) is 0 Å². The molecule has 6 heteroatoms. The fourth-order valence-electron chi connectivity index (χ4n) is 3.29. The maximum absolute atomic E-state index is 12.6. The SMILES string of the molecule is Cc1ccc(S(C)(=O)=O)cc1C(=O)O[C@H](C)C(=O)c1ccc2c(c1)CCC2. The van der Waals surface area contributed by atoms with E-state index < -0.39 is 21.9 Å². The molecule has 0 saturated heterocycles. The highest BCUT2D eigenvalue weighted by atomic mass is 32.2. The topological polar surface area (TPSA) is 77.5 Å². The van der Waals surface area contributed by atoms with E-state index in [9.17, 15) is 18.0 Å². The lowest BCUT2D eigenvalue weighted by molar-refractivity contribution is 0.0318. The fraction of sp³-hybridized carbons (Fsp3) is 0.333. The smallest absolute Gasteiger partial charge is 0.339 e. The largest absolute Gasteiger partial charge is 0.451 e. The Hall–Kier alpha value is -2.47. The first-order chi connectivity index (χ1) is 12.7. The number of benzene rings is 2. The lowest BCUT2D eigenvalue weighted by Crippen LogP contribution is -2.25. The van der Waals surface area contributed by atoms with Crippen molar-refractivity contribution < 1.29 is 22.7 Å². The Balaban J connectivity index is 1.78. The first-order valence-corrected chi connectivity index (χ1v) is 10.7. The average molecular weight is 386 g/mol. The van der Waals surface area contributed by atoms with Crippen LogP contribution in [0.4, 0.5) is 0 Å². The van der Waals surface area contributed by atoms with Crippen LogP contribution in [0.2, 0.25) is 0 Å². The summed E-state index contributed by atoms with van der Waals surface area (Å²) in [7, 11) is -3.44. The van der Waals surface area contributed by atoms with Crippen molar-refractivity contribution >= 4 is 21.6 Å². The molecule has 1 atom stereocenters. The quantitative estimate of drug-likeness (QED) is 0.582. The zero-order valence-corrected chi connectivity index (χ0v) is 16.4. The molecule has 1 aliphatic carbocycles. The van der Waals surface area contributed by atoms with E-state index in [1.807, 2.05) is 12.1 Å². The molecule has 3 rings (SSSR count). The molecule has 142 valence electrons. The molecule has 5 nitrogen and oxygen atoms in total. The highest BCUT2D eigenvalue weighted by Gasteiger charge is 2.23. The number of esters is 1. The van der Waals surface area contributed by atoms with Crippen molar-refractivity contribution in [2.45, 2.75) is 44.1 Å². The van der Waals surface area contributed by atoms with Gasteiger partial charge in [-0.05, 0) is 68.0 Å². The summed E-state index contributed by atoms with van der Waals surface area (Å²) >= 11 is 0. The first-order valence-electron chi connectivity index (χ1n) is 8.84. The standard InChI is InChI=1S/C21H22O5S/c1-13-7-10-18(27(3,24)25)12-19(13)21(23)26-14(2)20(22)17-9-8-15-5-4-6-16(15)11-17/h7-12,14H,4-6H2,1-3H3/t14-/m1/s1. The number of ether oxygens (including phenoxy) is 1. The molecule has 2 aromatic carbocycles. The number of sulfone groups is 1. The van der Waals surface area contributed by atoms with Gasteiger partial charge in [0.05, 0.1) is 10.5 Å². The van der Waals surface area contributed by atoms with Gasteiger partial charge in [-0.2, -0.15) is 0 Å². The summed E-state index contributed by atoms with van der Waals surface area (Å²) < 4.78 is 28.8. The number of aryl methyl sites for hydroxylation is 3. The molecule has 0 unspecified atom stereocenters. The predicted molar refractivity (Wildman–Crippen MR) is 102 cm³/mol. The third-order valence-corrected chi connectivity index (χ3v) is 6.00. The minimum absolute atomic E-state index is 0.0395. The third kappa shape index (κ3) is 4.11. The molecule has 27 heavy (non-hydrogen) atoms. The number of rotatable bonds is 5. The highest BCUT2D eigenvalue weighted by molar-refractivity contribution is 7.90. The van der Waals surface area contributed by atoms with Crippen molar-refractivity contribution in [1.82, 2.24) is 0 Å². The number of carbonyl (C=O) groups is 2. The molecule has 0 bridgehead atoms. The van der Waals surface area contributed by atoms with Crippen molar-refractivity contribution in [2.75, 3.05) is 6.26 Å². The Morgan fingerprint density at radius 1 is 1.04 bits per heavy atom. The Morgan fingerprint density at radius 2 is 1.74 bits per heavy atom. The Bertz CT molecular complexity index is 1020. The van der Waals surface area contributed by atoms with E-state index in [0.717, 1.165) is 25.5 Å². The van der Waals surface area contributed by atoms with E-state index in [2.05, 4.69) is 0 Å². The molecule has 0 N–H and O–H groups in total. The second kappa shape index (κ2) is 7.27. The van der Waals surface area contributed by atoms with Crippen LogP contribution in [0.3, 0.4) is 0 Å². The van der Waals surface area contributed by atoms with Crippen LogP contribution in [-0.2, 0) is 27.4 Å². The molecular formula is C21H22O5S. The van der Waals surface area contributed by atoms with Gasteiger partial charge in [-0.15, -0.1) is 0 Å². The van der Waals surface area contributed by atoms with Gasteiger partial charge in [-0.3, -0.25) is 4.79 Å². The Labute approximate surface area is 159 Å². The lowest BCUT2D eigenvalue weighted by Gasteiger charge is -2.14. The summed E-state index contributed by atoms with van der Waals surface area (Å²) in [6.07, 6.45) is 3.20. The van der Waals surface area contributed by atoms with Crippen LogP contribution >= 0.6 is 0 Å². The van der Waals surface area contributed by atoms with Crippen molar-refractivity contribution in [3.05, 3.63) is 64.2 Å². The minimum Gasteiger partial charge on any atom is -0.451 e. The van der Waals surface area contributed by atoms with Crippen LogP contribution in [0.5, 0.6) is 0 Å². The van der Waals surface area contributed by atoms with E-state index in [-0.39, 0.29) is 16.2 Å². The average Bonchev–Trinajstić information content (AvgIpc) is 3.07. The van der Waals surface area contributed by atoms with Crippen LogP contribution in [0, 0.1) is 6.92 Å². The van der Waals surface area contributed by atoms with Crippen molar-refractivity contribution in [3.63, 3.8) is 0 Å². The molecule has 1 aliphatic rings. The van der Waals surface area contributed by atoms with Gasteiger partial charge in [0.25, 0.3) is 0 Å². The maximum atomic E-state index is 12.6. The molecule has 0 aliphatic heterocycles. The summed E-state index contributed by atoms with van der Waals surface area (Å²) in [4.78, 5) is 25.2. The van der Waals surface area contributed by atoms with Gasteiger partial charge >= 0.3 is 5.97 Å². The second-order valence-electron chi connectivity index (χ2n) is 7.00. The highest BCUT2D eigenvalue weighted by Crippen LogP contribution is 2.24. The molecular weight excluding hydrogens is 364 g/mol. The van der Waals surface area contributed by atoms with E-state index in [1.54, 1.807) is 19.1 Å². The van der Waals surface area contributed by atoms with Gasteiger partial charge in [-0.1, -0.05) is 18.2 Å². The molecule has 0 amide bonds. The number of Topliss-reactive ketones (excluding diaryl/α,β-unsaturated/α-hetero) is 1. The van der Waals surface area contributed by atoms with E-state index in [0.29, 0.717) is 11.1 Å². The van der Waals surface area contributed by atoms with E-state index >= 15 is 0 Å². The summed E-state index contributed by atoms with van der Waals surface area (Å²) in [6.45, 7) is 3.22. The number of hydrogen-bond donors (Lipinski definition) is 0. The van der Waals surface area contributed by atoms with Gasteiger partial charge in [0.15, 0.2) is 15.9 Å². The maximum Gasteiger partial charge on any atom is 0.339 e. The number of carbonyl (C=O) groups excluding carboxylic acids is 2. The molecule has 2 aromatic rings. The zero-order chi connectivity index (χ0) is 19.8. The summed E-state index contributed by atoms with van der Waals surface area (Å²) in [6, 6.07) is 9.90. The molecule has 0 aromatic heterocycles. The van der Waals surface area contributed by atoms with E-state index in [4.69, 9.17) is 4.74 Å². The summed E-state index contributed by atoms with van der Waals surface area (Å²) in [5, 5.41) is 0. The molecule has 0 fully saturated rings. The predicted octanol–water partition coefficient (Wildman–Crippen LogP) is 3.32. The van der Waals surface area contributed by atoms with Gasteiger partial charge in [0, 0.05) is 11.8 Å². The van der Waals surface area contributed by atoms with Crippen LogP contribution < -0.4 is 0 Å². The van der Waals surface area contributed by atoms with Crippen LogP contribution in [-0.4, -0.2) is 32.5 Å². The molecule has 0 spiro atoms. The second-order valence-corrected chi connectivity index (χ2v) is 9.01.